The molecule has 1 saturated carbocycles. The van der Waals surface area contributed by atoms with E-state index in [1.165, 1.54) is 11.3 Å². The van der Waals surface area contributed by atoms with Crippen molar-refractivity contribution in [1.29, 1.82) is 0 Å². The van der Waals surface area contributed by atoms with Gasteiger partial charge < -0.3 is 10.0 Å². The van der Waals surface area contributed by atoms with Crippen molar-refractivity contribution in [3.05, 3.63) is 16.6 Å². The van der Waals surface area contributed by atoms with Gasteiger partial charge in [0.25, 0.3) is 0 Å². The molecule has 0 bridgehead atoms. The summed E-state index contributed by atoms with van der Waals surface area (Å²) in [6.45, 7) is 0.529. The van der Waals surface area contributed by atoms with E-state index in [0.717, 1.165) is 5.69 Å². The second kappa shape index (κ2) is 6.14. The molecule has 5 nitrogen and oxygen atoms in total. The van der Waals surface area contributed by atoms with Gasteiger partial charge in [-0.2, -0.15) is 0 Å². The van der Waals surface area contributed by atoms with Crippen molar-refractivity contribution in [1.82, 2.24) is 9.88 Å². The third-order valence-corrected chi connectivity index (χ3v) is 4.32. The van der Waals surface area contributed by atoms with Gasteiger partial charge in [-0.1, -0.05) is 0 Å². The van der Waals surface area contributed by atoms with Gasteiger partial charge in [0.05, 0.1) is 23.7 Å². The van der Waals surface area contributed by atoms with E-state index in [1.807, 2.05) is 5.38 Å². The third kappa shape index (κ3) is 3.53. The third-order valence-electron chi connectivity index (χ3n) is 3.68. The maximum absolute atomic E-state index is 12.3. The van der Waals surface area contributed by atoms with Crippen LogP contribution in [0.5, 0.6) is 0 Å². The van der Waals surface area contributed by atoms with Gasteiger partial charge >= 0.3 is 5.97 Å². The molecule has 0 atom stereocenters. The van der Waals surface area contributed by atoms with Crippen LogP contribution in [0, 0.1) is 11.8 Å². The molecule has 0 unspecified atom stereocenters. The van der Waals surface area contributed by atoms with Gasteiger partial charge in [0.2, 0.25) is 5.91 Å². The van der Waals surface area contributed by atoms with Gasteiger partial charge in [-0.3, -0.25) is 9.59 Å². The minimum atomic E-state index is -0.735. The van der Waals surface area contributed by atoms with Crippen LogP contribution >= 0.6 is 11.3 Å². The Morgan fingerprint density at radius 2 is 2.00 bits per heavy atom. The summed E-state index contributed by atoms with van der Waals surface area (Å²) < 4.78 is 0. The predicted molar refractivity (Wildman–Crippen MR) is 71.7 cm³/mol. The van der Waals surface area contributed by atoms with Gasteiger partial charge in [0, 0.05) is 18.3 Å². The van der Waals surface area contributed by atoms with Crippen LogP contribution < -0.4 is 0 Å². The van der Waals surface area contributed by atoms with Crippen LogP contribution in [0.1, 0.15) is 31.4 Å². The number of carbonyl (C=O) groups excluding carboxylic acids is 1. The zero-order valence-corrected chi connectivity index (χ0v) is 11.7. The lowest BCUT2D eigenvalue weighted by molar-refractivity contribution is -0.145. The first-order valence-electron chi connectivity index (χ1n) is 6.42. The van der Waals surface area contributed by atoms with Gasteiger partial charge in [-0.15, -0.1) is 11.3 Å². The van der Waals surface area contributed by atoms with Crippen molar-refractivity contribution >= 4 is 23.2 Å². The van der Waals surface area contributed by atoms with E-state index in [9.17, 15) is 9.59 Å². The van der Waals surface area contributed by atoms with Crippen LogP contribution in [0.25, 0.3) is 0 Å². The van der Waals surface area contributed by atoms with Crippen molar-refractivity contribution in [3.63, 3.8) is 0 Å². The van der Waals surface area contributed by atoms with Crippen molar-refractivity contribution in [2.45, 2.75) is 32.2 Å². The van der Waals surface area contributed by atoms with Crippen LogP contribution in [0.4, 0.5) is 0 Å². The molecule has 6 heteroatoms. The maximum atomic E-state index is 12.3. The Morgan fingerprint density at radius 1 is 1.37 bits per heavy atom. The molecule has 0 aliphatic heterocycles. The van der Waals surface area contributed by atoms with E-state index < -0.39 is 5.97 Å². The van der Waals surface area contributed by atoms with Gasteiger partial charge in [-0.25, -0.2) is 4.98 Å². The lowest BCUT2D eigenvalue weighted by atomic mass is 9.81. The molecule has 1 aromatic rings. The Hall–Kier alpha value is -1.43. The van der Waals surface area contributed by atoms with Gasteiger partial charge in [0.1, 0.15) is 0 Å². The quantitative estimate of drug-likeness (QED) is 0.917. The van der Waals surface area contributed by atoms with Gasteiger partial charge in [-0.05, 0) is 25.7 Å². The van der Waals surface area contributed by atoms with Crippen LogP contribution in [0.15, 0.2) is 10.9 Å². The van der Waals surface area contributed by atoms with E-state index >= 15 is 0 Å². The first-order chi connectivity index (χ1) is 9.08. The van der Waals surface area contributed by atoms with Crippen molar-refractivity contribution < 1.29 is 14.7 Å². The molecule has 0 radical (unpaired) electrons. The average molecular weight is 282 g/mol. The molecular weight excluding hydrogens is 264 g/mol. The molecule has 1 amide bonds. The number of thiazole rings is 1. The average Bonchev–Trinajstić information content (AvgIpc) is 2.90. The summed E-state index contributed by atoms with van der Waals surface area (Å²) in [5.41, 5.74) is 2.66. The Labute approximate surface area is 116 Å². The van der Waals surface area contributed by atoms with E-state index in [1.54, 1.807) is 17.5 Å². The summed E-state index contributed by atoms with van der Waals surface area (Å²) in [7, 11) is 1.78. The molecule has 1 aliphatic rings. The number of carboxylic acids is 1. The molecule has 19 heavy (non-hydrogen) atoms. The van der Waals surface area contributed by atoms with Crippen molar-refractivity contribution in [3.8, 4) is 0 Å². The fourth-order valence-corrected chi connectivity index (χ4v) is 3.09. The molecule has 1 N–H and O–H groups in total. The number of rotatable bonds is 4. The molecule has 0 spiro atoms. The van der Waals surface area contributed by atoms with Crippen LogP contribution in [0.2, 0.25) is 0 Å². The van der Waals surface area contributed by atoms with Gasteiger partial charge in [0.15, 0.2) is 0 Å². The summed E-state index contributed by atoms with van der Waals surface area (Å²) in [4.78, 5) is 29.0. The second-order valence-corrected chi connectivity index (χ2v) is 5.78. The van der Waals surface area contributed by atoms with E-state index in [4.69, 9.17) is 5.11 Å². The van der Waals surface area contributed by atoms with Crippen molar-refractivity contribution in [2.75, 3.05) is 7.05 Å². The topological polar surface area (TPSA) is 70.5 Å². The minimum absolute atomic E-state index is 0.0285. The summed E-state index contributed by atoms with van der Waals surface area (Å²) in [6, 6.07) is 0. The zero-order valence-electron chi connectivity index (χ0n) is 10.9. The highest BCUT2D eigenvalue weighted by molar-refractivity contribution is 7.07. The number of amides is 1. The van der Waals surface area contributed by atoms with E-state index in [-0.39, 0.29) is 17.7 Å². The number of aromatic nitrogens is 1. The summed E-state index contributed by atoms with van der Waals surface area (Å²) in [5, 5.41) is 10.9. The highest BCUT2D eigenvalue weighted by atomic mass is 32.1. The van der Waals surface area contributed by atoms with Crippen LogP contribution in [0.3, 0.4) is 0 Å². The summed E-state index contributed by atoms with van der Waals surface area (Å²) in [6.07, 6.45) is 2.57. The molecule has 0 saturated heterocycles. The summed E-state index contributed by atoms with van der Waals surface area (Å²) >= 11 is 1.52. The molecule has 2 rings (SSSR count). The van der Waals surface area contributed by atoms with E-state index in [2.05, 4.69) is 4.98 Å². The Kier molecular flexibility index (Phi) is 4.52. The number of nitrogens with zero attached hydrogens (tertiary/aromatic N) is 2. The Morgan fingerprint density at radius 3 is 2.53 bits per heavy atom. The maximum Gasteiger partial charge on any atom is 0.306 e. The van der Waals surface area contributed by atoms with Crippen LogP contribution in [-0.2, 0) is 16.1 Å². The number of hydrogen-bond acceptors (Lipinski definition) is 4. The van der Waals surface area contributed by atoms with Crippen molar-refractivity contribution in [2.24, 2.45) is 11.8 Å². The van der Waals surface area contributed by atoms with E-state index in [0.29, 0.717) is 32.2 Å². The largest absolute Gasteiger partial charge is 0.481 e. The SMILES string of the molecule is CN(Cc1cscn1)C(=O)C1CCC(C(=O)O)CC1. The fourth-order valence-electron chi connectivity index (χ4n) is 2.54. The first-order valence-corrected chi connectivity index (χ1v) is 7.37. The Balaban J connectivity index is 1.85. The highest BCUT2D eigenvalue weighted by Gasteiger charge is 2.31. The normalized spacial score (nSPS) is 23.0. The second-order valence-electron chi connectivity index (χ2n) is 5.06. The minimum Gasteiger partial charge on any atom is -0.481 e. The molecule has 1 heterocycles. The molecule has 0 aromatic carbocycles. The highest BCUT2D eigenvalue weighted by Crippen LogP contribution is 2.30. The lowest BCUT2D eigenvalue weighted by Gasteiger charge is -2.28. The zero-order chi connectivity index (χ0) is 13.8. The summed E-state index contributed by atoms with van der Waals surface area (Å²) in [5.74, 6) is -0.925. The number of hydrogen-bond donors (Lipinski definition) is 1. The molecule has 1 aromatic heterocycles. The number of carboxylic acid groups (broad SMARTS) is 1. The van der Waals surface area contributed by atoms with Crippen LogP contribution in [-0.4, -0.2) is 33.9 Å². The number of carbonyl (C=O) groups is 2. The standard InChI is InChI=1S/C13H18N2O3S/c1-15(6-11-7-19-8-14-11)12(16)9-2-4-10(5-3-9)13(17)18/h7-10H,2-6H2,1H3,(H,17,18). The molecule has 1 fully saturated rings. The predicted octanol–water partition coefficient (Wildman–Crippen LogP) is 1.99. The first kappa shape index (κ1) is 14.0. The smallest absolute Gasteiger partial charge is 0.306 e. The fraction of sp³-hybridized carbons (Fsp3) is 0.615. The monoisotopic (exact) mass is 282 g/mol. The molecule has 104 valence electrons. The Bertz CT molecular complexity index is 439. The number of aliphatic carboxylic acids is 1. The lowest BCUT2D eigenvalue weighted by Crippen LogP contribution is -2.35. The molecule has 1 aliphatic carbocycles. The molecular formula is C13H18N2O3S.